The van der Waals surface area contributed by atoms with Gasteiger partial charge in [0.25, 0.3) is 0 Å². The van der Waals surface area contributed by atoms with Crippen LogP contribution in [0.1, 0.15) is 63.9 Å². The molecule has 5 nitrogen and oxygen atoms in total. The van der Waals surface area contributed by atoms with Crippen molar-refractivity contribution in [3.05, 3.63) is 47.1 Å². The minimum absolute atomic E-state index is 0.101. The Morgan fingerprint density at radius 2 is 1.87 bits per heavy atom. The van der Waals surface area contributed by atoms with E-state index in [4.69, 9.17) is 21.1 Å². The zero-order valence-electron chi connectivity index (χ0n) is 18.4. The molecular weight excluding hydrogens is 412 g/mol. The third kappa shape index (κ3) is 5.51. The number of ether oxygens (including phenoxy) is 2. The first kappa shape index (κ1) is 21.9. The number of Topliss-reactive ketones (excluding diaryl/α,β-unsaturated/α-hetero) is 1. The number of ketones is 1. The Kier molecular flexibility index (Phi) is 7.01. The molecule has 0 radical (unpaired) electrons. The molecule has 1 aromatic heterocycles. The number of anilines is 1. The molecule has 166 valence electrons. The highest BCUT2D eigenvalue weighted by Gasteiger charge is 2.27. The fraction of sp³-hybridized carbons (Fsp3) is 0.520. The van der Waals surface area contributed by atoms with Crippen LogP contribution < -0.4 is 14.4 Å². The molecule has 2 fully saturated rings. The first-order valence-electron chi connectivity index (χ1n) is 11.3. The van der Waals surface area contributed by atoms with E-state index in [1.807, 2.05) is 18.2 Å². The van der Waals surface area contributed by atoms with Crippen molar-refractivity contribution >= 4 is 23.1 Å². The SMILES string of the molecule is CC(=O)C[C@@H](C)c1ccc(O[C@@H]2CCN(c3ccnc(OC4CCCC4)c3Cl)C2)cc1. The van der Waals surface area contributed by atoms with Crippen LogP contribution in [0, 0.1) is 0 Å². The number of carbonyl (C=O) groups excluding carboxylic acids is 1. The summed E-state index contributed by atoms with van der Waals surface area (Å²) in [5.41, 5.74) is 2.12. The summed E-state index contributed by atoms with van der Waals surface area (Å²) < 4.78 is 12.3. The lowest BCUT2D eigenvalue weighted by molar-refractivity contribution is -0.117. The van der Waals surface area contributed by atoms with Gasteiger partial charge in [0, 0.05) is 25.6 Å². The maximum atomic E-state index is 11.4. The van der Waals surface area contributed by atoms with Crippen molar-refractivity contribution in [2.45, 2.75) is 70.5 Å². The van der Waals surface area contributed by atoms with Crippen LogP contribution in [0.2, 0.25) is 5.02 Å². The normalized spacial score (nSPS) is 20.1. The first-order valence-corrected chi connectivity index (χ1v) is 11.7. The third-order valence-electron chi connectivity index (χ3n) is 6.25. The van der Waals surface area contributed by atoms with Crippen molar-refractivity contribution in [3.8, 4) is 11.6 Å². The van der Waals surface area contributed by atoms with E-state index in [9.17, 15) is 4.79 Å². The first-order chi connectivity index (χ1) is 15.0. The Hall–Kier alpha value is -2.27. The van der Waals surface area contributed by atoms with Gasteiger partial charge in [0.2, 0.25) is 5.88 Å². The fourth-order valence-electron chi connectivity index (χ4n) is 4.57. The van der Waals surface area contributed by atoms with Gasteiger partial charge in [-0.05, 0) is 62.3 Å². The molecule has 2 aliphatic rings. The Labute approximate surface area is 189 Å². The number of carbonyl (C=O) groups is 1. The molecule has 1 aliphatic carbocycles. The molecule has 2 aromatic rings. The van der Waals surface area contributed by atoms with Crippen LogP contribution in [0.15, 0.2) is 36.5 Å². The lowest BCUT2D eigenvalue weighted by Gasteiger charge is -2.22. The highest BCUT2D eigenvalue weighted by molar-refractivity contribution is 6.34. The molecule has 1 saturated carbocycles. The van der Waals surface area contributed by atoms with E-state index in [0.29, 0.717) is 17.3 Å². The van der Waals surface area contributed by atoms with Gasteiger partial charge in [0.1, 0.15) is 28.8 Å². The zero-order chi connectivity index (χ0) is 21.8. The number of benzene rings is 1. The molecule has 0 N–H and O–H groups in total. The van der Waals surface area contributed by atoms with Gasteiger partial charge in [-0.2, -0.15) is 0 Å². The monoisotopic (exact) mass is 442 g/mol. The summed E-state index contributed by atoms with van der Waals surface area (Å²) in [7, 11) is 0. The van der Waals surface area contributed by atoms with Gasteiger partial charge in [-0.3, -0.25) is 0 Å². The lowest BCUT2D eigenvalue weighted by atomic mass is 9.96. The molecule has 0 unspecified atom stereocenters. The summed E-state index contributed by atoms with van der Waals surface area (Å²) in [4.78, 5) is 18.0. The minimum atomic E-state index is 0.101. The zero-order valence-corrected chi connectivity index (χ0v) is 19.1. The highest BCUT2D eigenvalue weighted by atomic mass is 35.5. The van der Waals surface area contributed by atoms with Gasteiger partial charge in [-0.15, -0.1) is 0 Å². The van der Waals surface area contributed by atoms with E-state index in [-0.39, 0.29) is 23.9 Å². The molecule has 1 aromatic carbocycles. The number of rotatable bonds is 8. The predicted octanol–water partition coefficient (Wildman–Crippen LogP) is 5.80. The third-order valence-corrected chi connectivity index (χ3v) is 6.60. The topological polar surface area (TPSA) is 51.7 Å². The molecule has 4 rings (SSSR count). The number of aromatic nitrogens is 1. The van der Waals surface area contributed by atoms with E-state index in [1.165, 1.54) is 12.8 Å². The fourth-order valence-corrected chi connectivity index (χ4v) is 4.84. The van der Waals surface area contributed by atoms with Crippen molar-refractivity contribution in [1.29, 1.82) is 0 Å². The van der Waals surface area contributed by atoms with Crippen molar-refractivity contribution in [1.82, 2.24) is 4.98 Å². The van der Waals surface area contributed by atoms with E-state index < -0.39 is 0 Å². The number of hydrogen-bond acceptors (Lipinski definition) is 5. The van der Waals surface area contributed by atoms with Gasteiger partial charge >= 0.3 is 0 Å². The maximum absolute atomic E-state index is 11.4. The van der Waals surface area contributed by atoms with Crippen molar-refractivity contribution < 1.29 is 14.3 Å². The molecule has 31 heavy (non-hydrogen) atoms. The quantitative estimate of drug-likeness (QED) is 0.517. The van der Waals surface area contributed by atoms with E-state index in [2.05, 4.69) is 28.9 Å². The van der Waals surface area contributed by atoms with Gasteiger partial charge in [0.15, 0.2) is 0 Å². The summed E-state index contributed by atoms with van der Waals surface area (Å²) in [6.45, 7) is 5.37. The maximum Gasteiger partial charge on any atom is 0.234 e. The smallest absolute Gasteiger partial charge is 0.234 e. The molecular formula is C25H31ClN2O3. The molecule has 0 amide bonds. The summed E-state index contributed by atoms with van der Waals surface area (Å²) in [6.07, 6.45) is 8.19. The minimum Gasteiger partial charge on any atom is -0.489 e. The van der Waals surface area contributed by atoms with Crippen molar-refractivity contribution in [2.75, 3.05) is 18.0 Å². The second kappa shape index (κ2) is 9.90. The Bertz CT molecular complexity index is 896. The predicted molar refractivity (Wildman–Crippen MR) is 124 cm³/mol. The number of halogens is 1. The van der Waals surface area contributed by atoms with E-state index >= 15 is 0 Å². The second-order valence-corrected chi connectivity index (χ2v) is 9.20. The van der Waals surface area contributed by atoms with Crippen LogP contribution in [-0.2, 0) is 4.79 Å². The van der Waals surface area contributed by atoms with Crippen molar-refractivity contribution in [2.24, 2.45) is 0 Å². The van der Waals surface area contributed by atoms with E-state index in [1.54, 1.807) is 13.1 Å². The van der Waals surface area contributed by atoms with Crippen LogP contribution in [0.4, 0.5) is 5.69 Å². The van der Waals surface area contributed by atoms with Crippen LogP contribution >= 0.6 is 11.6 Å². The van der Waals surface area contributed by atoms with E-state index in [0.717, 1.165) is 49.4 Å². The number of hydrogen-bond donors (Lipinski definition) is 0. The van der Waals surface area contributed by atoms with Crippen LogP contribution in [-0.4, -0.2) is 36.1 Å². The van der Waals surface area contributed by atoms with Crippen molar-refractivity contribution in [3.63, 3.8) is 0 Å². The van der Waals surface area contributed by atoms with Crippen LogP contribution in [0.5, 0.6) is 11.6 Å². The van der Waals surface area contributed by atoms with Crippen LogP contribution in [0.3, 0.4) is 0 Å². The molecule has 1 saturated heterocycles. The number of pyridine rings is 1. The molecule has 0 spiro atoms. The van der Waals surface area contributed by atoms with Gasteiger partial charge in [-0.25, -0.2) is 4.98 Å². The summed E-state index contributed by atoms with van der Waals surface area (Å²) in [5, 5.41) is 0.596. The molecule has 1 aliphatic heterocycles. The Morgan fingerprint density at radius 3 is 2.58 bits per heavy atom. The largest absolute Gasteiger partial charge is 0.489 e. The van der Waals surface area contributed by atoms with Crippen LogP contribution in [0.25, 0.3) is 0 Å². The Balaban J connectivity index is 1.36. The van der Waals surface area contributed by atoms with Gasteiger partial charge in [-0.1, -0.05) is 30.7 Å². The summed E-state index contributed by atoms with van der Waals surface area (Å²) in [6, 6.07) is 10.1. The summed E-state index contributed by atoms with van der Waals surface area (Å²) >= 11 is 6.66. The molecule has 2 heterocycles. The average molecular weight is 443 g/mol. The molecule has 0 bridgehead atoms. The Morgan fingerprint density at radius 1 is 1.13 bits per heavy atom. The van der Waals surface area contributed by atoms with Gasteiger partial charge in [0.05, 0.1) is 12.2 Å². The number of nitrogens with zero attached hydrogens (tertiary/aromatic N) is 2. The van der Waals surface area contributed by atoms with Gasteiger partial charge < -0.3 is 19.2 Å². The molecule has 6 heteroatoms. The summed E-state index contributed by atoms with van der Waals surface area (Å²) in [5.74, 6) is 1.84. The average Bonchev–Trinajstić information content (AvgIpc) is 3.42. The lowest BCUT2D eigenvalue weighted by Crippen LogP contribution is -2.25. The highest BCUT2D eigenvalue weighted by Crippen LogP contribution is 2.36. The second-order valence-electron chi connectivity index (χ2n) is 8.82. The molecule has 2 atom stereocenters. The standard InChI is InChI=1S/C25H31ClN2O3/c1-17(15-18(2)29)19-7-9-21(10-8-19)30-22-12-14-28(16-22)23-11-13-27-25(24(23)26)31-20-5-3-4-6-20/h7-11,13,17,20,22H,3-6,12,14-16H2,1-2H3/t17-,22-/m1/s1.